The predicted octanol–water partition coefficient (Wildman–Crippen LogP) is 4.79. The summed E-state index contributed by atoms with van der Waals surface area (Å²) in [6.45, 7) is 2.30. The van der Waals surface area contributed by atoms with Crippen LogP contribution in [-0.2, 0) is 19.3 Å². The highest BCUT2D eigenvalue weighted by molar-refractivity contribution is 5.38. The van der Waals surface area contributed by atoms with Crippen molar-refractivity contribution in [3.8, 4) is 0 Å². The third-order valence-corrected chi connectivity index (χ3v) is 4.24. The van der Waals surface area contributed by atoms with Gasteiger partial charge in [0.1, 0.15) is 0 Å². The zero-order valence-corrected chi connectivity index (χ0v) is 11.7. The Bertz CT molecular complexity index is 539. The Morgan fingerprint density at radius 2 is 1.68 bits per heavy atom. The molecule has 3 rings (SSSR count). The first kappa shape index (κ1) is 12.5. The van der Waals surface area contributed by atoms with E-state index in [4.69, 9.17) is 0 Å². The molecular weight excluding hydrogens is 228 g/mol. The molecular formula is C19H22. The molecule has 98 valence electrons. The number of hydrogen-bond acceptors (Lipinski definition) is 0. The molecule has 19 heavy (non-hydrogen) atoms. The minimum Gasteiger partial charge on any atom is -0.0654 e. The molecule has 1 atom stereocenters. The van der Waals surface area contributed by atoms with Gasteiger partial charge in [-0.05, 0) is 47.4 Å². The van der Waals surface area contributed by atoms with Crippen LogP contribution in [0.3, 0.4) is 0 Å². The summed E-state index contributed by atoms with van der Waals surface area (Å²) in [6.07, 6.45) is 6.35. The Hall–Kier alpha value is -1.56. The van der Waals surface area contributed by atoms with Crippen molar-refractivity contribution < 1.29 is 0 Å². The largest absolute Gasteiger partial charge is 0.0654 e. The predicted molar refractivity (Wildman–Crippen MR) is 81.5 cm³/mol. The molecule has 0 spiro atoms. The molecule has 0 radical (unpaired) electrons. The van der Waals surface area contributed by atoms with Crippen molar-refractivity contribution in [1.29, 1.82) is 0 Å². The monoisotopic (exact) mass is 250 g/mol. The van der Waals surface area contributed by atoms with E-state index in [9.17, 15) is 0 Å². The van der Waals surface area contributed by atoms with E-state index in [1.807, 2.05) is 0 Å². The lowest BCUT2D eigenvalue weighted by atomic mass is 10.00. The van der Waals surface area contributed by atoms with Crippen LogP contribution in [0.15, 0.2) is 48.5 Å². The standard InChI is InChI=1S/C19H22/c1-2-6-16-12-18-10-9-17(14-19(18)13-16)11-15-7-4-3-5-8-15/h3-5,7-10,14,16H,2,6,11-13H2,1H3. The first-order chi connectivity index (χ1) is 9.35. The summed E-state index contributed by atoms with van der Waals surface area (Å²) in [4.78, 5) is 0. The highest BCUT2D eigenvalue weighted by Gasteiger charge is 2.20. The fraction of sp³-hybridized carbons (Fsp3) is 0.368. The van der Waals surface area contributed by atoms with Crippen LogP contribution in [0.1, 0.15) is 42.0 Å². The number of rotatable bonds is 4. The van der Waals surface area contributed by atoms with Crippen molar-refractivity contribution in [3.63, 3.8) is 0 Å². The van der Waals surface area contributed by atoms with E-state index in [0.717, 1.165) is 12.3 Å². The Morgan fingerprint density at radius 3 is 2.47 bits per heavy atom. The summed E-state index contributed by atoms with van der Waals surface area (Å²) >= 11 is 0. The smallest absolute Gasteiger partial charge is 0.00257 e. The molecule has 0 aromatic heterocycles. The van der Waals surface area contributed by atoms with E-state index < -0.39 is 0 Å². The van der Waals surface area contributed by atoms with Crippen molar-refractivity contribution in [3.05, 3.63) is 70.8 Å². The molecule has 0 saturated carbocycles. The van der Waals surface area contributed by atoms with E-state index in [-0.39, 0.29) is 0 Å². The van der Waals surface area contributed by atoms with Gasteiger partial charge in [0.05, 0.1) is 0 Å². The molecule has 0 fully saturated rings. The summed E-state index contributed by atoms with van der Waals surface area (Å²) < 4.78 is 0. The summed E-state index contributed by atoms with van der Waals surface area (Å²) in [5, 5.41) is 0. The molecule has 2 aromatic rings. The van der Waals surface area contributed by atoms with E-state index in [1.54, 1.807) is 11.1 Å². The molecule has 0 N–H and O–H groups in total. The fourth-order valence-corrected chi connectivity index (χ4v) is 3.32. The SMILES string of the molecule is CCCC1Cc2ccc(Cc3ccccc3)cc2C1. The van der Waals surface area contributed by atoms with Gasteiger partial charge in [-0.3, -0.25) is 0 Å². The maximum Gasteiger partial charge on any atom is -0.00257 e. The zero-order chi connectivity index (χ0) is 13.1. The molecule has 0 amide bonds. The Balaban J connectivity index is 1.75. The van der Waals surface area contributed by atoms with Gasteiger partial charge >= 0.3 is 0 Å². The molecule has 0 nitrogen and oxygen atoms in total. The average molecular weight is 250 g/mol. The molecule has 1 aliphatic carbocycles. The van der Waals surface area contributed by atoms with Crippen molar-refractivity contribution in [2.75, 3.05) is 0 Å². The third-order valence-electron chi connectivity index (χ3n) is 4.24. The van der Waals surface area contributed by atoms with Crippen molar-refractivity contribution in [2.45, 2.75) is 39.0 Å². The Morgan fingerprint density at radius 1 is 0.895 bits per heavy atom. The highest BCUT2D eigenvalue weighted by atomic mass is 14.2. The second-order valence-electron chi connectivity index (χ2n) is 5.83. The van der Waals surface area contributed by atoms with Gasteiger partial charge in [0.15, 0.2) is 0 Å². The highest BCUT2D eigenvalue weighted by Crippen LogP contribution is 2.30. The van der Waals surface area contributed by atoms with Crippen LogP contribution in [-0.4, -0.2) is 0 Å². The Labute approximate surface area is 116 Å². The number of hydrogen-bond donors (Lipinski definition) is 0. The molecule has 0 aliphatic heterocycles. The number of benzene rings is 2. The van der Waals surface area contributed by atoms with Gasteiger partial charge in [0.2, 0.25) is 0 Å². The van der Waals surface area contributed by atoms with Crippen LogP contribution in [0.2, 0.25) is 0 Å². The molecule has 0 heteroatoms. The minimum absolute atomic E-state index is 0.895. The maximum atomic E-state index is 2.44. The lowest BCUT2D eigenvalue weighted by molar-refractivity contribution is 0.507. The van der Waals surface area contributed by atoms with Gasteiger partial charge in [0.25, 0.3) is 0 Å². The summed E-state index contributed by atoms with van der Waals surface area (Å²) in [5.41, 5.74) is 6.06. The van der Waals surface area contributed by atoms with Gasteiger partial charge in [0, 0.05) is 0 Å². The van der Waals surface area contributed by atoms with Crippen LogP contribution < -0.4 is 0 Å². The Kier molecular flexibility index (Phi) is 3.68. The molecule has 2 aromatic carbocycles. The van der Waals surface area contributed by atoms with Crippen LogP contribution in [0.25, 0.3) is 0 Å². The van der Waals surface area contributed by atoms with Gasteiger partial charge in [-0.15, -0.1) is 0 Å². The first-order valence-electron chi connectivity index (χ1n) is 7.49. The van der Waals surface area contributed by atoms with E-state index in [2.05, 4.69) is 55.5 Å². The van der Waals surface area contributed by atoms with E-state index >= 15 is 0 Å². The summed E-state index contributed by atoms with van der Waals surface area (Å²) in [7, 11) is 0. The lowest BCUT2D eigenvalue weighted by Crippen LogP contribution is -1.97. The van der Waals surface area contributed by atoms with Crippen molar-refractivity contribution >= 4 is 0 Å². The second-order valence-corrected chi connectivity index (χ2v) is 5.83. The van der Waals surface area contributed by atoms with Crippen molar-refractivity contribution in [1.82, 2.24) is 0 Å². The quantitative estimate of drug-likeness (QED) is 0.731. The van der Waals surface area contributed by atoms with Gasteiger partial charge in [-0.1, -0.05) is 68.3 Å². The maximum absolute atomic E-state index is 2.44. The normalized spacial score (nSPS) is 17.4. The molecule has 0 heterocycles. The molecule has 0 bridgehead atoms. The fourth-order valence-electron chi connectivity index (χ4n) is 3.32. The van der Waals surface area contributed by atoms with Crippen LogP contribution in [0, 0.1) is 5.92 Å². The second kappa shape index (κ2) is 5.61. The average Bonchev–Trinajstić information content (AvgIpc) is 2.82. The van der Waals surface area contributed by atoms with E-state index in [0.29, 0.717) is 0 Å². The minimum atomic E-state index is 0.895. The van der Waals surface area contributed by atoms with Crippen LogP contribution in [0.4, 0.5) is 0 Å². The molecule has 0 saturated heterocycles. The van der Waals surface area contributed by atoms with Crippen molar-refractivity contribution in [2.24, 2.45) is 5.92 Å². The van der Waals surface area contributed by atoms with E-state index in [1.165, 1.54) is 36.8 Å². The van der Waals surface area contributed by atoms with Crippen LogP contribution in [0.5, 0.6) is 0 Å². The van der Waals surface area contributed by atoms with Crippen LogP contribution >= 0.6 is 0 Å². The first-order valence-corrected chi connectivity index (χ1v) is 7.49. The summed E-state index contributed by atoms with van der Waals surface area (Å²) in [5.74, 6) is 0.895. The van der Waals surface area contributed by atoms with Gasteiger partial charge in [-0.2, -0.15) is 0 Å². The summed E-state index contributed by atoms with van der Waals surface area (Å²) in [6, 6.07) is 17.9. The van der Waals surface area contributed by atoms with Gasteiger partial charge < -0.3 is 0 Å². The van der Waals surface area contributed by atoms with Gasteiger partial charge in [-0.25, -0.2) is 0 Å². The third kappa shape index (κ3) is 2.89. The molecule has 1 unspecified atom stereocenters. The zero-order valence-electron chi connectivity index (χ0n) is 11.7. The topological polar surface area (TPSA) is 0 Å². The number of fused-ring (bicyclic) bond motifs is 1. The molecule has 1 aliphatic rings. The lowest BCUT2D eigenvalue weighted by Gasteiger charge is -2.05.